The van der Waals surface area contributed by atoms with E-state index < -0.39 is 10.0 Å². The SMILES string of the molecule is Cc1cc(C)c(C)c(S(=O)(=O)NC2CCN(c3nccs3)CC2)c1C. The smallest absolute Gasteiger partial charge is 0.241 e. The highest BCUT2D eigenvalue weighted by atomic mass is 32.2. The minimum absolute atomic E-state index is 0.0270. The number of aromatic nitrogens is 1. The Balaban J connectivity index is 1.75. The maximum absolute atomic E-state index is 13.0. The van der Waals surface area contributed by atoms with Crippen LogP contribution in [0, 0.1) is 27.7 Å². The van der Waals surface area contributed by atoms with Gasteiger partial charge in [-0.15, -0.1) is 11.3 Å². The first kappa shape index (κ1) is 18.4. The molecule has 136 valence electrons. The van der Waals surface area contributed by atoms with Crippen LogP contribution in [0.1, 0.15) is 35.1 Å². The Labute approximate surface area is 154 Å². The predicted molar refractivity (Wildman–Crippen MR) is 103 cm³/mol. The van der Waals surface area contributed by atoms with Gasteiger partial charge in [0.15, 0.2) is 5.13 Å². The fourth-order valence-corrected chi connectivity index (χ4v) is 6.04. The van der Waals surface area contributed by atoms with E-state index in [2.05, 4.69) is 20.7 Å². The molecule has 1 fully saturated rings. The highest BCUT2D eigenvalue weighted by Crippen LogP contribution is 2.27. The summed E-state index contributed by atoms with van der Waals surface area (Å²) < 4.78 is 29.0. The van der Waals surface area contributed by atoms with Crippen molar-refractivity contribution in [1.82, 2.24) is 9.71 Å². The molecule has 1 aromatic heterocycles. The van der Waals surface area contributed by atoms with E-state index in [0.717, 1.165) is 53.3 Å². The number of thiazole rings is 1. The van der Waals surface area contributed by atoms with Crippen molar-refractivity contribution in [2.75, 3.05) is 18.0 Å². The molecule has 25 heavy (non-hydrogen) atoms. The summed E-state index contributed by atoms with van der Waals surface area (Å²) in [5.74, 6) is 0. The number of hydrogen-bond donors (Lipinski definition) is 1. The van der Waals surface area contributed by atoms with Gasteiger partial charge in [-0.2, -0.15) is 0 Å². The Morgan fingerprint density at radius 1 is 1.12 bits per heavy atom. The number of benzene rings is 1. The van der Waals surface area contributed by atoms with E-state index in [-0.39, 0.29) is 6.04 Å². The van der Waals surface area contributed by atoms with Gasteiger partial charge in [-0.05, 0) is 62.8 Å². The van der Waals surface area contributed by atoms with Gasteiger partial charge in [0.25, 0.3) is 0 Å². The quantitative estimate of drug-likeness (QED) is 0.885. The molecule has 1 aliphatic heterocycles. The monoisotopic (exact) mass is 379 g/mol. The Morgan fingerprint density at radius 2 is 1.72 bits per heavy atom. The lowest BCUT2D eigenvalue weighted by atomic mass is 10.0. The van der Waals surface area contributed by atoms with Crippen LogP contribution in [0.4, 0.5) is 5.13 Å². The molecule has 3 rings (SSSR count). The van der Waals surface area contributed by atoms with Crippen LogP contribution in [0.3, 0.4) is 0 Å². The summed E-state index contributed by atoms with van der Waals surface area (Å²) in [5, 5.41) is 2.98. The normalized spacial score (nSPS) is 16.4. The van der Waals surface area contributed by atoms with Gasteiger partial charge >= 0.3 is 0 Å². The Kier molecular flexibility index (Phi) is 5.18. The molecular formula is C18H25N3O2S2. The van der Waals surface area contributed by atoms with Crippen molar-refractivity contribution in [2.24, 2.45) is 0 Å². The second-order valence-corrected chi connectivity index (χ2v) is 9.31. The van der Waals surface area contributed by atoms with Gasteiger partial charge in [0, 0.05) is 30.7 Å². The van der Waals surface area contributed by atoms with Gasteiger partial charge < -0.3 is 4.90 Å². The molecule has 0 bridgehead atoms. The lowest BCUT2D eigenvalue weighted by Gasteiger charge is -2.32. The molecule has 0 radical (unpaired) electrons. The van der Waals surface area contributed by atoms with Crippen molar-refractivity contribution in [2.45, 2.75) is 51.5 Å². The second-order valence-electron chi connectivity index (χ2n) is 6.79. The van der Waals surface area contributed by atoms with Crippen molar-refractivity contribution in [3.8, 4) is 0 Å². The van der Waals surface area contributed by atoms with Crippen LogP contribution in [-0.2, 0) is 10.0 Å². The van der Waals surface area contributed by atoms with Crippen LogP contribution in [-0.4, -0.2) is 32.5 Å². The maximum Gasteiger partial charge on any atom is 0.241 e. The highest BCUT2D eigenvalue weighted by molar-refractivity contribution is 7.89. The molecule has 0 amide bonds. The molecule has 0 atom stereocenters. The van der Waals surface area contributed by atoms with Gasteiger partial charge in [0.1, 0.15) is 0 Å². The van der Waals surface area contributed by atoms with E-state index in [1.54, 1.807) is 17.5 Å². The van der Waals surface area contributed by atoms with Crippen LogP contribution in [0.2, 0.25) is 0 Å². The number of nitrogens with zero attached hydrogens (tertiary/aromatic N) is 2. The van der Waals surface area contributed by atoms with Crippen molar-refractivity contribution in [3.63, 3.8) is 0 Å². The second kappa shape index (κ2) is 7.05. The molecule has 1 aliphatic rings. The number of hydrogen-bond acceptors (Lipinski definition) is 5. The van der Waals surface area contributed by atoms with Gasteiger partial charge in [0.05, 0.1) is 4.90 Å². The summed E-state index contributed by atoms with van der Waals surface area (Å²) >= 11 is 1.62. The summed E-state index contributed by atoms with van der Waals surface area (Å²) in [6.45, 7) is 9.36. The fraction of sp³-hybridized carbons (Fsp3) is 0.500. The minimum atomic E-state index is -3.52. The van der Waals surface area contributed by atoms with Gasteiger partial charge in [0.2, 0.25) is 10.0 Å². The molecule has 1 saturated heterocycles. The average molecular weight is 380 g/mol. The molecule has 0 aliphatic carbocycles. The third-order valence-electron chi connectivity index (χ3n) is 5.07. The molecule has 5 nitrogen and oxygen atoms in total. The molecule has 0 saturated carbocycles. The number of sulfonamides is 1. The lowest BCUT2D eigenvalue weighted by molar-refractivity contribution is 0.459. The van der Waals surface area contributed by atoms with E-state index in [1.807, 2.05) is 33.1 Å². The zero-order valence-corrected chi connectivity index (χ0v) is 16.8. The van der Waals surface area contributed by atoms with Crippen LogP contribution in [0.25, 0.3) is 0 Å². The summed E-state index contributed by atoms with van der Waals surface area (Å²) in [6.07, 6.45) is 3.39. The molecular weight excluding hydrogens is 354 g/mol. The first-order valence-electron chi connectivity index (χ1n) is 8.54. The molecule has 1 N–H and O–H groups in total. The Hall–Kier alpha value is -1.44. The number of anilines is 1. The molecule has 7 heteroatoms. The molecule has 2 aromatic rings. The third-order valence-corrected chi connectivity index (χ3v) is 7.70. The first-order chi connectivity index (χ1) is 11.8. The van der Waals surface area contributed by atoms with E-state index in [9.17, 15) is 8.42 Å². The zero-order chi connectivity index (χ0) is 18.2. The fourth-order valence-electron chi connectivity index (χ4n) is 3.42. The number of rotatable bonds is 4. The summed E-state index contributed by atoms with van der Waals surface area (Å²) in [6, 6.07) is 2.02. The van der Waals surface area contributed by atoms with E-state index in [4.69, 9.17) is 0 Å². The minimum Gasteiger partial charge on any atom is -0.348 e. The first-order valence-corrected chi connectivity index (χ1v) is 10.9. The zero-order valence-electron chi connectivity index (χ0n) is 15.2. The van der Waals surface area contributed by atoms with Crippen LogP contribution >= 0.6 is 11.3 Å². The van der Waals surface area contributed by atoms with Gasteiger partial charge in [-0.25, -0.2) is 18.1 Å². The topological polar surface area (TPSA) is 62.3 Å². The molecule has 2 heterocycles. The third kappa shape index (κ3) is 3.73. The van der Waals surface area contributed by atoms with Crippen LogP contribution < -0.4 is 9.62 Å². The van der Waals surface area contributed by atoms with Crippen molar-refractivity contribution in [3.05, 3.63) is 39.9 Å². The Bertz CT molecular complexity index is 827. The molecule has 0 unspecified atom stereocenters. The van der Waals surface area contributed by atoms with Gasteiger partial charge in [-0.1, -0.05) is 6.07 Å². The highest BCUT2D eigenvalue weighted by Gasteiger charge is 2.28. The van der Waals surface area contributed by atoms with E-state index >= 15 is 0 Å². The van der Waals surface area contributed by atoms with E-state index in [1.165, 1.54) is 0 Å². The maximum atomic E-state index is 13.0. The lowest BCUT2D eigenvalue weighted by Crippen LogP contribution is -2.45. The van der Waals surface area contributed by atoms with Crippen molar-refractivity contribution >= 4 is 26.5 Å². The predicted octanol–water partition coefficient (Wildman–Crippen LogP) is 3.32. The standard InChI is InChI=1S/C18H25N3O2S2/c1-12-11-13(2)15(4)17(14(12)3)25(22,23)20-16-5-8-21(9-6-16)18-19-7-10-24-18/h7,10-11,16,20H,5-6,8-9H2,1-4H3. The summed E-state index contributed by atoms with van der Waals surface area (Å²) in [5.41, 5.74) is 3.72. The number of piperidine rings is 1. The number of aryl methyl sites for hydroxylation is 2. The molecule has 1 aromatic carbocycles. The molecule has 0 spiro atoms. The van der Waals surface area contributed by atoms with E-state index in [0.29, 0.717) is 4.90 Å². The summed E-state index contributed by atoms with van der Waals surface area (Å²) in [4.78, 5) is 7.01. The average Bonchev–Trinajstić information content (AvgIpc) is 3.08. The van der Waals surface area contributed by atoms with Crippen LogP contribution in [0.15, 0.2) is 22.5 Å². The summed E-state index contributed by atoms with van der Waals surface area (Å²) in [7, 11) is -3.52. The Morgan fingerprint density at radius 3 is 2.24 bits per heavy atom. The largest absolute Gasteiger partial charge is 0.348 e. The van der Waals surface area contributed by atoms with Crippen molar-refractivity contribution in [1.29, 1.82) is 0 Å². The van der Waals surface area contributed by atoms with Gasteiger partial charge in [-0.3, -0.25) is 0 Å². The van der Waals surface area contributed by atoms with Crippen LogP contribution in [0.5, 0.6) is 0 Å². The van der Waals surface area contributed by atoms with Crippen molar-refractivity contribution < 1.29 is 8.42 Å². The number of nitrogens with one attached hydrogen (secondary N) is 1.